The Balaban J connectivity index is 2.96. The Labute approximate surface area is 229 Å². The summed E-state index contributed by atoms with van der Waals surface area (Å²) >= 11 is 0. The van der Waals surface area contributed by atoms with E-state index in [2.05, 4.69) is 4.74 Å². The molecule has 2 N–H and O–H groups in total. The van der Waals surface area contributed by atoms with Crippen molar-refractivity contribution < 1.29 is 52.3 Å². The monoisotopic (exact) mass is 555 g/mol. The van der Waals surface area contributed by atoms with Gasteiger partial charge in [-0.2, -0.15) is 0 Å². The Morgan fingerprint density at radius 1 is 0.744 bits per heavy atom. The minimum Gasteiger partial charge on any atom is -0.461 e. The van der Waals surface area contributed by atoms with Gasteiger partial charge in [0.1, 0.15) is 31.0 Å². The second-order valence-corrected chi connectivity index (χ2v) is 9.67. The fourth-order valence-corrected chi connectivity index (χ4v) is 2.64. The largest absolute Gasteiger partial charge is 0.514 e. The van der Waals surface area contributed by atoms with Crippen molar-refractivity contribution in [3.8, 4) is 11.5 Å². The molecule has 0 spiro atoms. The summed E-state index contributed by atoms with van der Waals surface area (Å²) in [6.45, 7) is 14.1. The summed E-state index contributed by atoms with van der Waals surface area (Å²) in [5.74, 6) is -0.853. The molecule has 39 heavy (non-hydrogen) atoms. The van der Waals surface area contributed by atoms with Gasteiger partial charge in [0, 0.05) is 0 Å². The van der Waals surface area contributed by atoms with Gasteiger partial charge in [-0.05, 0) is 63.6 Å². The molecule has 12 heteroatoms. The number of hydrogen-bond donors (Lipinski definition) is 1. The number of ether oxygens (including phenoxy) is 7. The average molecular weight is 556 g/mol. The minimum atomic E-state index is -1.09. The lowest BCUT2D eigenvalue weighted by molar-refractivity contribution is -0.148. The van der Waals surface area contributed by atoms with Crippen molar-refractivity contribution in [1.82, 2.24) is 0 Å². The molecule has 0 radical (unpaired) electrons. The third-order valence-electron chi connectivity index (χ3n) is 5.61. The molecule has 0 fully saturated rings. The molecule has 0 bridgehead atoms. The summed E-state index contributed by atoms with van der Waals surface area (Å²) in [6.07, 6.45) is -4.43. The van der Waals surface area contributed by atoms with E-state index in [9.17, 15) is 19.2 Å². The molecule has 0 amide bonds. The van der Waals surface area contributed by atoms with Gasteiger partial charge >= 0.3 is 24.4 Å². The standard InChI is InChI=1S/C27H41NO11/c1-9-33-25(30)35-17(6)14-34-24(29)21(28)12-20-10-11-22(38-26(31)36-18(7)15(2)3)23(13-20)39-27(32)37-19(8)16(4)5/h10-11,13,15-19,21H,9,12,14,28H2,1-8H3/t17-,18?,19?,21-/m0/s1. The van der Waals surface area contributed by atoms with E-state index < -0.39 is 48.8 Å². The number of benzene rings is 1. The first-order chi connectivity index (χ1) is 18.2. The second-order valence-electron chi connectivity index (χ2n) is 9.67. The number of carbonyl (C=O) groups excluding carboxylic acids is 4. The molecule has 0 aliphatic heterocycles. The lowest BCUT2D eigenvalue weighted by Gasteiger charge is -2.19. The first kappa shape index (κ1) is 33.5. The van der Waals surface area contributed by atoms with E-state index in [1.165, 1.54) is 19.1 Å². The molecule has 0 heterocycles. The molecule has 2 unspecified atom stereocenters. The molecule has 0 saturated carbocycles. The summed E-state index contributed by atoms with van der Waals surface area (Å²) in [4.78, 5) is 48.4. The van der Waals surface area contributed by atoms with E-state index in [0.29, 0.717) is 5.56 Å². The van der Waals surface area contributed by atoms with Crippen LogP contribution < -0.4 is 15.2 Å². The van der Waals surface area contributed by atoms with Crippen LogP contribution in [-0.4, -0.2) is 62.0 Å². The predicted molar refractivity (Wildman–Crippen MR) is 139 cm³/mol. The Kier molecular flexibility index (Phi) is 14.1. The third kappa shape index (κ3) is 12.7. The Morgan fingerprint density at radius 3 is 1.79 bits per heavy atom. The van der Waals surface area contributed by atoms with Crippen LogP contribution in [0.5, 0.6) is 11.5 Å². The molecule has 220 valence electrons. The zero-order chi connectivity index (χ0) is 29.7. The van der Waals surface area contributed by atoms with Crippen molar-refractivity contribution in [3.05, 3.63) is 23.8 Å². The van der Waals surface area contributed by atoms with Crippen LogP contribution >= 0.6 is 0 Å². The number of hydrogen-bond acceptors (Lipinski definition) is 12. The molecular formula is C27H41NO11. The zero-order valence-corrected chi connectivity index (χ0v) is 23.9. The van der Waals surface area contributed by atoms with E-state index in [1.807, 2.05) is 27.7 Å². The molecule has 1 aromatic carbocycles. The van der Waals surface area contributed by atoms with Gasteiger partial charge in [-0.3, -0.25) is 4.79 Å². The lowest BCUT2D eigenvalue weighted by Crippen LogP contribution is -2.36. The molecule has 1 rings (SSSR count). The van der Waals surface area contributed by atoms with E-state index in [0.717, 1.165) is 0 Å². The van der Waals surface area contributed by atoms with Crippen LogP contribution in [0.4, 0.5) is 14.4 Å². The molecule has 4 atom stereocenters. The van der Waals surface area contributed by atoms with Gasteiger partial charge in [0.25, 0.3) is 0 Å². The van der Waals surface area contributed by atoms with Crippen molar-refractivity contribution in [1.29, 1.82) is 0 Å². The third-order valence-corrected chi connectivity index (χ3v) is 5.61. The number of nitrogens with two attached hydrogens (primary N) is 1. The fraction of sp³-hybridized carbons (Fsp3) is 0.630. The summed E-state index contributed by atoms with van der Waals surface area (Å²) in [5.41, 5.74) is 6.47. The summed E-state index contributed by atoms with van der Waals surface area (Å²) in [5, 5.41) is 0. The van der Waals surface area contributed by atoms with E-state index in [1.54, 1.807) is 26.8 Å². The Hall–Kier alpha value is -3.54. The van der Waals surface area contributed by atoms with Gasteiger partial charge in [-0.25, -0.2) is 14.4 Å². The van der Waals surface area contributed by atoms with Crippen LogP contribution in [0, 0.1) is 11.8 Å². The van der Waals surface area contributed by atoms with Crippen LogP contribution in [0.1, 0.15) is 61.0 Å². The van der Waals surface area contributed by atoms with Gasteiger partial charge in [0.15, 0.2) is 11.5 Å². The molecule has 1 aromatic rings. The van der Waals surface area contributed by atoms with Crippen LogP contribution in [-0.2, 0) is 34.9 Å². The van der Waals surface area contributed by atoms with Crippen molar-refractivity contribution in [2.24, 2.45) is 17.6 Å². The number of carbonyl (C=O) groups is 4. The van der Waals surface area contributed by atoms with E-state index >= 15 is 0 Å². The highest BCUT2D eigenvalue weighted by molar-refractivity contribution is 5.76. The number of rotatable bonds is 13. The van der Waals surface area contributed by atoms with Crippen molar-refractivity contribution in [2.75, 3.05) is 13.2 Å². The van der Waals surface area contributed by atoms with Crippen LogP contribution in [0.25, 0.3) is 0 Å². The van der Waals surface area contributed by atoms with Gasteiger partial charge in [0.2, 0.25) is 0 Å². The van der Waals surface area contributed by atoms with Crippen LogP contribution in [0.15, 0.2) is 18.2 Å². The van der Waals surface area contributed by atoms with Crippen molar-refractivity contribution in [3.63, 3.8) is 0 Å². The molecule has 0 aromatic heterocycles. The normalized spacial score (nSPS) is 14.0. The Bertz CT molecular complexity index is 963. The van der Waals surface area contributed by atoms with Gasteiger partial charge < -0.3 is 38.9 Å². The minimum absolute atomic E-state index is 0.00510. The molecule has 0 aliphatic rings. The fourth-order valence-electron chi connectivity index (χ4n) is 2.64. The first-order valence-electron chi connectivity index (χ1n) is 12.9. The lowest BCUT2D eigenvalue weighted by atomic mass is 10.1. The summed E-state index contributed by atoms with van der Waals surface area (Å²) in [7, 11) is 0. The Morgan fingerprint density at radius 2 is 1.28 bits per heavy atom. The second kappa shape index (κ2) is 16.4. The highest BCUT2D eigenvalue weighted by atomic mass is 16.8. The maximum absolute atomic E-state index is 12.4. The predicted octanol–water partition coefficient (Wildman–Crippen LogP) is 4.78. The molecule has 0 aliphatic carbocycles. The molecular weight excluding hydrogens is 514 g/mol. The van der Waals surface area contributed by atoms with Crippen LogP contribution in [0.2, 0.25) is 0 Å². The average Bonchev–Trinajstić information content (AvgIpc) is 2.83. The molecule has 0 saturated heterocycles. The van der Waals surface area contributed by atoms with Crippen molar-refractivity contribution in [2.45, 2.75) is 86.2 Å². The quantitative estimate of drug-likeness (QED) is 0.202. The van der Waals surface area contributed by atoms with Gasteiger partial charge in [-0.15, -0.1) is 0 Å². The summed E-state index contributed by atoms with van der Waals surface area (Å²) < 4.78 is 35.8. The maximum Gasteiger partial charge on any atom is 0.514 e. The smallest absolute Gasteiger partial charge is 0.461 e. The maximum atomic E-state index is 12.4. The SMILES string of the molecule is CCOC(=O)O[C@@H](C)COC(=O)[C@@H](N)Cc1ccc(OC(=O)OC(C)C(C)C)c(OC(=O)OC(C)C(C)C)c1. The first-order valence-corrected chi connectivity index (χ1v) is 12.9. The van der Waals surface area contributed by atoms with Gasteiger partial charge in [0.05, 0.1) is 6.61 Å². The van der Waals surface area contributed by atoms with E-state index in [4.69, 9.17) is 34.2 Å². The number of esters is 1. The highest BCUT2D eigenvalue weighted by Crippen LogP contribution is 2.30. The van der Waals surface area contributed by atoms with Crippen molar-refractivity contribution >= 4 is 24.4 Å². The zero-order valence-electron chi connectivity index (χ0n) is 23.9. The summed E-state index contributed by atoms with van der Waals surface area (Å²) in [6, 6.07) is 3.24. The topological polar surface area (TPSA) is 159 Å². The highest BCUT2D eigenvalue weighted by Gasteiger charge is 2.23. The molecule has 12 nitrogen and oxygen atoms in total. The van der Waals surface area contributed by atoms with Gasteiger partial charge in [-0.1, -0.05) is 33.8 Å². The van der Waals surface area contributed by atoms with E-state index in [-0.39, 0.29) is 43.0 Å². The van der Waals surface area contributed by atoms with Crippen LogP contribution in [0.3, 0.4) is 0 Å².